The van der Waals surface area contributed by atoms with Crippen LogP contribution in [0.4, 0.5) is 4.79 Å². The third-order valence-electron chi connectivity index (χ3n) is 6.08. The van der Waals surface area contributed by atoms with Crippen LogP contribution in [0.2, 0.25) is 0 Å². The maximum Gasteiger partial charge on any atom is 0.340 e. The zero-order chi connectivity index (χ0) is 21.6. The Morgan fingerprint density at radius 3 is 2.55 bits per heavy atom. The lowest BCUT2D eigenvalue weighted by atomic mass is 9.92. The van der Waals surface area contributed by atoms with E-state index in [1.807, 2.05) is 25.2 Å². The number of fused-ring (bicyclic) bond motifs is 1. The number of hydrogen-bond donors (Lipinski definition) is 0. The van der Waals surface area contributed by atoms with Crippen LogP contribution in [0.3, 0.4) is 0 Å². The second-order valence-electron chi connectivity index (χ2n) is 8.37. The van der Waals surface area contributed by atoms with Gasteiger partial charge in [-0.05, 0) is 34.7 Å². The highest BCUT2D eigenvalue weighted by Crippen LogP contribution is 2.29. The molecule has 0 saturated carbocycles. The number of benzene rings is 3. The maximum atomic E-state index is 13.3. The molecule has 4 nitrogen and oxygen atoms in total. The van der Waals surface area contributed by atoms with Gasteiger partial charge in [0.05, 0.1) is 6.54 Å². The summed E-state index contributed by atoms with van der Waals surface area (Å²) in [5.74, 6) is 0.188. The topological polar surface area (TPSA) is 35.9 Å². The number of hydrazone groups is 1. The lowest BCUT2D eigenvalue weighted by molar-refractivity contribution is 0.166. The summed E-state index contributed by atoms with van der Waals surface area (Å²) in [6.07, 6.45) is 4.44. The molecule has 0 aliphatic carbocycles. The Hall–Kier alpha value is -3.14. The molecule has 0 fully saturated rings. The van der Waals surface area contributed by atoms with Crippen LogP contribution in [0, 0.1) is 0 Å². The first kappa shape index (κ1) is 21.1. The van der Waals surface area contributed by atoms with E-state index in [2.05, 4.69) is 61.5 Å². The van der Waals surface area contributed by atoms with E-state index >= 15 is 0 Å². The summed E-state index contributed by atoms with van der Waals surface area (Å²) in [5.41, 5.74) is 3.52. The van der Waals surface area contributed by atoms with E-state index in [9.17, 15) is 4.79 Å². The monoisotopic (exact) mass is 413 g/mol. The maximum absolute atomic E-state index is 13.3. The van der Waals surface area contributed by atoms with E-state index in [0.29, 0.717) is 13.1 Å². The fourth-order valence-electron chi connectivity index (χ4n) is 4.38. The van der Waals surface area contributed by atoms with Crippen LogP contribution in [0.1, 0.15) is 49.7 Å². The van der Waals surface area contributed by atoms with Gasteiger partial charge in [-0.2, -0.15) is 5.10 Å². The van der Waals surface area contributed by atoms with Crippen molar-refractivity contribution in [2.24, 2.45) is 5.10 Å². The molecule has 31 heavy (non-hydrogen) atoms. The van der Waals surface area contributed by atoms with Gasteiger partial charge in [0.25, 0.3) is 0 Å². The molecule has 2 amide bonds. The van der Waals surface area contributed by atoms with Crippen LogP contribution in [0.25, 0.3) is 10.8 Å². The fourth-order valence-corrected chi connectivity index (χ4v) is 4.38. The first-order chi connectivity index (χ1) is 15.2. The summed E-state index contributed by atoms with van der Waals surface area (Å²) < 4.78 is 0. The molecule has 1 aliphatic heterocycles. The van der Waals surface area contributed by atoms with Crippen molar-refractivity contribution in [3.8, 4) is 0 Å². The highest BCUT2D eigenvalue weighted by atomic mass is 16.2. The molecule has 0 spiro atoms. The molecule has 1 unspecified atom stereocenters. The van der Waals surface area contributed by atoms with E-state index < -0.39 is 0 Å². The summed E-state index contributed by atoms with van der Waals surface area (Å²) in [5, 5.41) is 8.86. The third kappa shape index (κ3) is 4.79. The number of hydrogen-bond acceptors (Lipinski definition) is 2. The van der Waals surface area contributed by atoms with Gasteiger partial charge in [-0.15, -0.1) is 0 Å². The molecule has 0 aromatic heterocycles. The molecule has 1 aliphatic rings. The predicted octanol–water partition coefficient (Wildman–Crippen LogP) is 6.43. The van der Waals surface area contributed by atoms with Crippen molar-refractivity contribution in [3.63, 3.8) is 0 Å². The number of amides is 2. The average Bonchev–Trinajstić information content (AvgIpc) is 3.23. The normalized spacial score (nSPS) is 15.9. The largest absolute Gasteiger partial charge is 0.340 e. The SMILES string of the molecule is CCCCCC1=NN(C(=O)N(C)Cc2cccc3ccccc23)CC1c1ccccc1. The molecule has 0 saturated heterocycles. The van der Waals surface area contributed by atoms with Gasteiger partial charge in [0.15, 0.2) is 0 Å². The second-order valence-corrected chi connectivity index (χ2v) is 8.37. The van der Waals surface area contributed by atoms with Gasteiger partial charge >= 0.3 is 6.03 Å². The quantitative estimate of drug-likeness (QED) is 0.411. The van der Waals surface area contributed by atoms with E-state index in [4.69, 9.17) is 5.10 Å². The average molecular weight is 414 g/mol. The second kappa shape index (κ2) is 9.78. The van der Waals surface area contributed by atoms with Crippen molar-refractivity contribution in [1.82, 2.24) is 9.91 Å². The zero-order valence-electron chi connectivity index (χ0n) is 18.5. The van der Waals surface area contributed by atoms with Crippen molar-refractivity contribution in [2.45, 2.75) is 45.1 Å². The number of urea groups is 1. The van der Waals surface area contributed by atoms with E-state index in [1.54, 1.807) is 9.91 Å². The number of carbonyl (C=O) groups excluding carboxylic acids is 1. The zero-order valence-corrected chi connectivity index (χ0v) is 18.5. The number of nitrogens with zero attached hydrogens (tertiary/aromatic N) is 3. The first-order valence-electron chi connectivity index (χ1n) is 11.3. The molecule has 1 heterocycles. The van der Waals surface area contributed by atoms with Crippen molar-refractivity contribution >= 4 is 22.5 Å². The minimum Gasteiger partial charge on any atom is -0.322 e. The van der Waals surface area contributed by atoms with Gasteiger partial charge in [-0.3, -0.25) is 0 Å². The van der Waals surface area contributed by atoms with Crippen LogP contribution >= 0.6 is 0 Å². The Labute approximate surface area is 185 Å². The van der Waals surface area contributed by atoms with Crippen molar-refractivity contribution in [1.29, 1.82) is 0 Å². The summed E-state index contributed by atoms with van der Waals surface area (Å²) in [6.45, 7) is 3.39. The molecule has 3 aromatic rings. The minimum atomic E-state index is -0.0423. The van der Waals surface area contributed by atoms with E-state index in [1.165, 1.54) is 29.2 Å². The molecular formula is C27H31N3O. The standard InChI is InChI=1S/C27H31N3O/c1-3-4-6-18-26-25(22-12-7-5-8-13-22)20-30(28-26)27(31)29(2)19-23-16-11-15-21-14-9-10-17-24(21)23/h5,7-17,25H,3-4,6,18-20H2,1-2H3. The van der Waals surface area contributed by atoms with Gasteiger partial charge in [-0.1, -0.05) is 92.6 Å². The van der Waals surface area contributed by atoms with Gasteiger partial charge in [0, 0.05) is 25.2 Å². The predicted molar refractivity (Wildman–Crippen MR) is 128 cm³/mol. The smallest absolute Gasteiger partial charge is 0.322 e. The van der Waals surface area contributed by atoms with Gasteiger partial charge in [0.1, 0.15) is 0 Å². The minimum absolute atomic E-state index is 0.0423. The summed E-state index contributed by atoms with van der Waals surface area (Å²) >= 11 is 0. The van der Waals surface area contributed by atoms with Crippen LogP contribution < -0.4 is 0 Å². The molecule has 0 bridgehead atoms. The van der Waals surface area contributed by atoms with Gasteiger partial charge in [-0.25, -0.2) is 9.80 Å². The van der Waals surface area contributed by atoms with Crippen molar-refractivity contribution in [2.75, 3.05) is 13.6 Å². The van der Waals surface area contributed by atoms with Crippen LogP contribution in [-0.2, 0) is 6.54 Å². The third-order valence-corrected chi connectivity index (χ3v) is 6.08. The highest BCUT2D eigenvalue weighted by Gasteiger charge is 2.32. The molecule has 1 atom stereocenters. The lowest BCUT2D eigenvalue weighted by Gasteiger charge is -2.23. The molecular weight excluding hydrogens is 382 g/mol. The fraction of sp³-hybridized carbons (Fsp3) is 0.333. The summed E-state index contributed by atoms with van der Waals surface area (Å²) in [4.78, 5) is 15.1. The Morgan fingerprint density at radius 1 is 1.00 bits per heavy atom. The van der Waals surface area contributed by atoms with Gasteiger partial charge in [0.2, 0.25) is 0 Å². The Morgan fingerprint density at radius 2 is 1.74 bits per heavy atom. The van der Waals surface area contributed by atoms with Crippen LogP contribution in [0.15, 0.2) is 77.9 Å². The van der Waals surface area contributed by atoms with Gasteiger partial charge < -0.3 is 4.90 Å². The Bertz CT molecular complexity index is 1060. The van der Waals surface area contributed by atoms with Crippen molar-refractivity contribution in [3.05, 3.63) is 83.9 Å². The van der Waals surface area contributed by atoms with Crippen LogP contribution in [-0.4, -0.2) is 35.2 Å². The number of rotatable bonds is 7. The molecule has 4 rings (SSSR count). The molecule has 4 heteroatoms. The highest BCUT2D eigenvalue weighted by molar-refractivity contribution is 5.94. The summed E-state index contributed by atoms with van der Waals surface area (Å²) in [6, 6.07) is 25.0. The number of carbonyl (C=O) groups is 1. The van der Waals surface area contributed by atoms with Crippen molar-refractivity contribution < 1.29 is 4.79 Å². The Balaban J connectivity index is 1.51. The lowest BCUT2D eigenvalue weighted by Crippen LogP contribution is -2.37. The molecule has 0 radical (unpaired) electrons. The molecule has 160 valence electrons. The first-order valence-corrected chi connectivity index (χ1v) is 11.3. The van der Waals surface area contributed by atoms with E-state index in [0.717, 1.165) is 24.1 Å². The Kier molecular flexibility index (Phi) is 6.66. The van der Waals surface area contributed by atoms with Crippen LogP contribution in [0.5, 0.6) is 0 Å². The molecule has 3 aromatic carbocycles. The van der Waals surface area contributed by atoms with E-state index in [-0.39, 0.29) is 11.9 Å². The number of unbranched alkanes of at least 4 members (excludes halogenated alkanes) is 2. The molecule has 0 N–H and O–H groups in total. The summed E-state index contributed by atoms with van der Waals surface area (Å²) in [7, 11) is 1.87.